The highest BCUT2D eigenvalue weighted by Crippen LogP contribution is 2.20. The molecule has 244 valence electrons. The Morgan fingerprint density at radius 2 is 1.77 bits per heavy atom. The van der Waals surface area contributed by atoms with E-state index in [0.29, 0.717) is 44.6 Å². The molecular weight excluding hydrogens is 571 g/mol. The van der Waals surface area contributed by atoms with Gasteiger partial charge >= 0.3 is 0 Å². The van der Waals surface area contributed by atoms with Crippen LogP contribution >= 0.6 is 12.6 Å². The van der Waals surface area contributed by atoms with E-state index >= 15 is 0 Å². The fourth-order valence-corrected chi connectivity index (χ4v) is 3.91. The molecule has 5 N–H and O–H groups in total. The van der Waals surface area contributed by atoms with Gasteiger partial charge < -0.3 is 21.9 Å². The molecule has 0 amide bonds. The van der Waals surface area contributed by atoms with Crippen molar-refractivity contribution in [1.82, 2.24) is 19.6 Å². The van der Waals surface area contributed by atoms with Crippen LogP contribution in [-0.4, -0.2) is 38.1 Å². The van der Waals surface area contributed by atoms with Gasteiger partial charge in [0.1, 0.15) is 11.6 Å². The molecule has 0 fully saturated rings. The number of aryl methyl sites for hydroxylation is 1. The van der Waals surface area contributed by atoms with Gasteiger partial charge in [0.05, 0.1) is 5.56 Å². The molecule has 0 aliphatic rings. The summed E-state index contributed by atoms with van der Waals surface area (Å²) >= 11 is 4.07. The summed E-state index contributed by atoms with van der Waals surface area (Å²) in [6.07, 6.45) is 11.8. The van der Waals surface area contributed by atoms with Gasteiger partial charge in [-0.25, -0.2) is 4.39 Å². The number of hydrogen-bond acceptors (Lipinski definition) is 8. The summed E-state index contributed by atoms with van der Waals surface area (Å²) in [5, 5.41) is 22.2. The van der Waals surface area contributed by atoms with E-state index in [-0.39, 0.29) is 11.8 Å². The highest BCUT2D eigenvalue weighted by Gasteiger charge is 2.14. The number of hydrogen-bond donors (Lipinski definition) is 5. The van der Waals surface area contributed by atoms with E-state index in [1.54, 1.807) is 26.8 Å². The van der Waals surface area contributed by atoms with Crippen molar-refractivity contribution in [2.75, 3.05) is 17.6 Å². The van der Waals surface area contributed by atoms with Gasteiger partial charge in [-0.1, -0.05) is 92.4 Å². The van der Waals surface area contributed by atoms with Crippen molar-refractivity contribution in [3.05, 3.63) is 40.5 Å². The summed E-state index contributed by atoms with van der Waals surface area (Å²) < 4.78 is 14.3. The lowest BCUT2D eigenvalue weighted by Gasteiger charge is -2.09. The maximum absolute atomic E-state index is 12.9. The standard InChI is InChI=1S/C12H15N7.C9H10FNS.C9H20.C4H10/c1-3-5-9-16-11-8(7-13)10(15-6-4-2)17-12(14)19(11)18-9;1-5-3-7(6(2)11)9(12)4-8(5)10;1-4-6-7-8-9(3)5-2;1-3-4-2/h7,13,15H,4,6H2,1-2H3,(H2,14,17);3-4,11-12H,1-2H3;9H,4-8H2,1-3H3;3-4H2,1-2H3. The van der Waals surface area contributed by atoms with Crippen LogP contribution in [0.15, 0.2) is 17.0 Å². The van der Waals surface area contributed by atoms with E-state index in [4.69, 9.17) is 16.6 Å². The topological polar surface area (TPSA) is 129 Å². The second-order valence-electron chi connectivity index (χ2n) is 10.6. The first-order valence-corrected chi connectivity index (χ1v) is 16.2. The number of halogens is 1. The first-order valence-electron chi connectivity index (χ1n) is 15.7. The molecule has 44 heavy (non-hydrogen) atoms. The molecule has 10 heteroatoms. The van der Waals surface area contributed by atoms with Crippen LogP contribution in [0, 0.1) is 41.3 Å². The predicted molar refractivity (Wildman–Crippen MR) is 189 cm³/mol. The Morgan fingerprint density at radius 1 is 1.11 bits per heavy atom. The predicted octanol–water partition coefficient (Wildman–Crippen LogP) is 9.13. The van der Waals surface area contributed by atoms with Crippen molar-refractivity contribution in [3.8, 4) is 11.8 Å². The maximum atomic E-state index is 12.9. The summed E-state index contributed by atoms with van der Waals surface area (Å²) in [4.78, 5) is 9.00. The van der Waals surface area contributed by atoms with Gasteiger partial charge in [-0.05, 0) is 56.7 Å². The van der Waals surface area contributed by atoms with E-state index in [0.717, 1.165) is 18.9 Å². The van der Waals surface area contributed by atoms with E-state index in [9.17, 15) is 4.39 Å². The smallest absolute Gasteiger partial charge is 0.226 e. The van der Waals surface area contributed by atoms with Crippen molar-refractivity contribution in [3.63, 3.8) is 0 Å². The molecule has 2 aromatic heterocycles. The minimum absolute atomic E-state index is 0.218. The molecule has 0 bridgehead atoms. The third kappa shape index (κ3) is 14.3. The average Bonchev–Trinajstić information content (AvgIpc) is 3.43. The Morgan fingerprint density at radius 3 is 2.27 bits per heavy atom. The zero-order valence-corrected chi connectivity index (χ0v) is 29.3. The van der Waals surface area contributed by atoms with Gasteiger partial charge in [0.2, 0.25) is 11.8 Å². The molecule has 1 unspecified atom stereocenters. The van der Waals surface area contributed by atoms with Crippen LogP contribution < -0.4 is 11.1 Å². The van der Waals surface area contributed by atoms with Gasteiger partial charge in [0, 0.05) is 28.9 Å². The molecule has 3 aromatic rings. The largest absolute Gasteiger partial charge is 0.369 e. The van der Waals surface area contributed by atoms with Gasteiger partial charge in [0.25, 0.3) is 0 Å². The minimum atomic E-state index is -0.273. The lowest BCUT2D eigenvalue weighted by atomic mass is 10.0. The average molecular weight is 627 g/mol. The van der Waals surface area contributed by atoms with Crippen LogP contribution in [0.25, 0.3) is 5.65 Å². The molecule has 3 rings (SSSR count). The Kier molecular flexibility index (Phi) is 21.2. The van der Waals surface area contributed by atoms with Gasteiger partial charge in [0.15, 0.2) is 5.65 Å². The quantitative estimate of drug-likeness (QED) is 0.0627. The van der Waals surface area contributed by atoms with Crippen LogP contribution in [0.4, 0.5) is 16.2 Å². The molecule has 0 aliphatic carbocycles. The monoisotopic (exact) mass is 626 g/mol. The summed E-state index contributed by atoms with van der Waals surface area (Å²) in [6, 6.07) is 2.98. The third-order valence-electron chi connectivity index (χ3n) is 6.65. The van der Waals surface area contributed by atoms with Crippen LogP contribution in [0.1, 0.15) is 129 Å². The number of nitrogens with one attached hydrogen (secondary N) is 3. The van der Waals surface area contributed by atoms with Gasteiger partial charge in [-0.2, -0.15) is 14.5 Å². The molecule has 8 nitrogen and oxygen atoms in total. The number of fused-ring (bicyclic) bond motifs is 1. The van der Waals surface area contributed by atoms with Gasteiger partial charge in [-0.3, -0.25) is 0 Å². The number of nitrogen functional groups attached to an aromatic ring is 1. The number of nitrogens with two attached hydrogens (primary N) is 1. The zero-order chi connectivity index (χ0) is 33.7. The molecule has 0 saturated carbocycles. The van der Waals surface area contributed by atoms with Crippen LogP contribution in [-0.2, 0) is 0 Å². The number of rotatable bonds is 11. The lowest BCUT2D eigenvalue weighted by molar-refractivity contribution is 0.482. The van der Waals surface area contributed by atoms with Crippen molar-refractivity contribution < 1.29 is 4.39 Å². The Labute approximate surface area is 270 Å². The Balaban J connectivity index is 0.000000636. The van der Waals surface area contributed by atoms with E-state index < -0.39 is 0 Å². The van der Waals surface area contributed by atoms with Crippen LogP contribution in [0.5, 0.6) is 0 Å². The number of benzene rings is 1. The number of anilines is 2. The Hall–Kier alpha value is -3.45. The normalized spacial score (nSPS) is 10.5. The number of thiol groups is 1. The highest BCUT2D eigenvalue weighted by molar-refractivity contribution is 7.80. The van der Waals surface area contributed by atoms with Crippen LogP contribution in [0.3, 0.4) is 0 Å². The number of nitrogens with zero attached hydrogens (tertiary/aromatic N) is 4. The molecule has 0 radical (unpaired) electrons. The summed E-state index contributed by atoms with van der Waals surface area (Å²) in [5.41, 5.74) is 8.54. The minimum Gasteiger partial charge on any atom is -0.369 e. The summed E-state index contributed by atoms with van der Waals surface area (Å²) in [7, 11) is 0. The van der Waals surface area contributed by atoms with Crippen molar-refractivity contribution in [2.45, 2.75) is 119 Å². The van der Waals surface area contributed by atoms with E-state index in [1.165, 1.54) is 61.7 Å². The second kappa shape index (κ2) is 23.0. The molecule has 0 aliphatic heterocycles. The van der Waals surface area contributed by atoms with Gasteiger partial charge in [-0.15, -0.1) is 17.7 Å². The third-order valence-corrected chi connectivity index (χ3v) is 7.02. The summed E-state index contributed by atoms with van der Waals surface area (Å²) in [6.45, 7) is 19.1. The first-order chi connectivity index (χ1) is 20.9. The fourth-order valence-electron chi connectivity index (χ4n) is 3.57. The molecule has 0 spiro atoms. The van der Waals surface area contributed by atoms with Crippen molar-refractivity contribution >= 4 is 42.0 Å². The van der Waals surface area contributed by atoms with Crippen LogP contribution in [0.2, 0.25) is 0 Å². The summed E-state index contributed by atoms with van der Waals surface area (Å²) in [5.74, 6) is 7.31. The molecule has 1 aromatic carbocycles. The van der Waals surface area contributed by atoms with Crippen molar-refractivity contribution in [2.24, 2.45) is 5.92 Å². The lowest BCUT2D eigenvalue weighted by Crippen LogP contribution is -2.11. The van der Waals surface area contributed by atoms with E-state index in [2.05, 4.69) is 79.5 Å². The molecule has 0 saturated heterocycles. The maximum Gasteiger partial charge on any atom is 0.226 e. The molecule has 2 heterocycles. The molecular formula is C34H55FN8S. The van der Waals surface area contributed by atoms with E-state index in [1.807, 2.05) is 6.92 Å². The zero-order valence-electron chi connectivity index (χ0n) is 28.4. The molecule has 1 atom stereocenters. The number of aromatic nitrogens is 4. The van der Waals surface area contributed by atoms with Crippen molar-refractivity contribution in [1.29, 1.82) is 10.8 Å². The highest BCUT2D eigenvalue weighted by atomic mass is 32.1. The second-order valence-corrected chi connectivity index (χ2v) is 11.1. The first kappa shape index (κ1) is 40.5. The SMILES string of the molecule is CC#Cc1nc2c(C=N)c(NCCC)nc(N)n2n1.CC(=N)c1cc(C)c(F)cc1S.CCCC.CCCCCC(C)CC. The number of unbranched alkanes of at least 4 members (excludes halogenated alkanes) is 3. The Bertz CT molecular complexity index is 1360. The fraction of sp³-hybridized carbons (Fsp3) is 0.559.